The van der Waals surface area contributed by atoms with Crippen molar-refractivity contribution in [3.05, 3.63) is 29.3 Å². The number of benzene rings is 1. The molecule has 0 radical (unpaired) electrons. The van der Waals surface area contributed by atoms with Gasteiger partial charge in [-0.3, -0.25) is 0 Å². The summed E-state index contributed by atoms with van der Waals surface area (Å²) in [5.74, 6) is 0.809. The lowest BCUT2D eigenvalue weighted by atomic mass is 10.0. The number of hydrogen-bond donors (Lipinski definition) is 1. The first-order chi connectivity index (χ1) is 6.31. The monoisotopic (exact) mass is 180 g/mol. The Morgan fingerprint density at radius 1 is 1.31 bits per heavy atom. The summed E-state index contributed by atoms with van der Waals surface area (Å²) in [5, 5.41) is 9.11. The lowest BCUT2D eigenvalue weighted by molar-refractivity contribution is 0.279. The van der Waals surface area contributed by atoms with E-state index in [0.717, 1.165) is 24.2 Å². The highest BCUT2D eigenvalue weighted by molar-refractivity contribution is 5.35. The maximum Gasteiger partial charge on any atom is 0.119 e. The predicted molar refractivity (Wildman–Crippen MR) is 52.9 cm³/mol. The molecule has 0 atom stereocenters. The molecule has 1 aromatic carbocycles. The average Bonchev–Trinajstić information content (AvgIpc) is 2.19. The highest BCUT2D eigenvalue weighted by Crippen LogP contribution is 2.18. The number of ether oxygens (including phenoxy) is 1. The molecule has 0 unspecified atom stereocenters. The Labute approximate surface area is 79.2 Å². The van der Waals surface area contributed by atoms with Crippen LogP contribution < -0.4 is 4.74 Å². The molecule has 0 aliphatic heterocycles. The van der Waals surface area contributed by atoms with E-state index in [1.807, 2.05) is 18.2 Å². The number of aliphatic hydroxyl groups is 1. The van der Waals surface area contributed by atoms with E-state index in [1.165, 1.54) is 5.56 Å². The normalized spacial score (nSPS) is 10.1. The minimum absolute atomic E-state index is 0.0898. The molecule has 0 saturated heterocycles. The molecule has 0 saturated carbocycles. The van der Waals surface area contributed by atoms with Crippen LogP contribution in [0.15, 0.2) is 18.2 Å². The molecule has 1 aromatic rings. The van der Waals surface area contributed by atoms with Crippen LogP contribution in [0, 0.1) is 0 Å². The fraction of sp³-hybridized carbons (Fsp3) is 0.455. The molecule has 0 heterocycles. The van der Waals surface area contributed by atoms with Gasteiger partial charge in [0.15, 0.2) is 0 Å². The van der Waals surface area contributed by atoms with Crippen LogP contribution in [-0.2, 0) is 13.0 Å². The van der Waals surface area contributed by atoms with Gasteiger partial charge in [0, 0.05) is 0 Å². The van der Waals surface area contributed by atoms with Gasteiger partial charge in [-0.15, -0.1) is 0 Å². The van der Waals surface area contributed by atoms with E-state index in [9.17, 15) is 0 Å². The molecule has 0 amide bonds. The second kappa shape index (κ2) is 4.87. The highest BCUT2D eigenvalue weighted by Gasteiger charge is 2.01. The van der Waals surface area contributed by atoms with Crippen LogP contribution in [0.3, 0.4) is 0 Å². The van der Waals surface area contributed by atoms with Crippen LogP contribution in [0.25, 0.3) is 0 Å². The third kappa shape index (κ3) is 2.46. The summed E-state index contributed by atoms with van der Waals surface area (Å²) >= 11 is 0. The van der Waals surface area contributed by atoms with E-state index < -0.39 is 0 Å². The van der Waals surface area contributed by atoms with Gasteiger partial charge in [0.1, 0.15) is 5.75 Å². The van der Waals surface area contributed by atoms with E-state index in [1.54, 1.807) is 7.11 Å². The van der Waals surface area contributed by atoms with Crippen molar-refractivity contribution >= 4 is 0 Å². The van der Waals surface area contributed by atoms with Crippen LogP contribution in [-0.4, -0.2) is 12.2 Å². The summed E-state index contributed by atoms with van der Waals surface area (Å²) in [6, 6.07) is 5.85. The van der Waals surface area contributed by atoms with Crippen molar-refractivity contribution in [2.24, 2.45) is 0 Å². The zero-order valence-corrected chi connectivity index (χ0v) is 8.21. The third-order valence-electron chi connectivity index (χ3n) is 2.10. The van der Waals surface area contributed by atoms with Crippen molar-refractivity contribution in [3.8, 4) is 5.75 Å². The second-order valence-corrected chi connectivity index (χ2v) is 3.04. The van der Waals surface area contributed by atoms with Crippen molar-refractivity contribution in [1.29, 1.82) is 0 Å². The predicted octanol–water partition coefficient (Wildman–Crippen LogP) is 2.14. The van der Waals surface area contributed by atoms with Crippen LogP contribution in [0.2, 0.25) is 0 Å². The van der Waals surface area contributed by atoms with E-state index in [4.69, 9.17) is 9.84 Å². The summed E-state index contributed by atoms with van der Waals surface area (Å²) in [6.45, 7) is 2.22. The summed E-state index contributed by atoms with van der Waals surface area (Å²) in [4.78, 5) is 0. The van der Waals surface area contributed by atoms with Gasteiger partial charge in [0.2, 0.25) is 0 Å². The summed E-state index contributed by atoms with van der Waals surface area (Å²) in [6.07, 6.45) is 2.11. The van der Waals surface area contributed by atoms with Crippen LogP contribution in [0.4, 0.5) is 0 Å². The van der Waals surface area contributed by atoms with Crippen molar-refractivity contribution in [3.63, 3.8) is 0 Å². The van der Waals surface area contributed by atoms with Gasteiger partial charge in [-0.25, -0.2) is 0 Å². The average molecular weight is 180 g/mol. The molecule has 0 aromatic heterocycles. The number of aliphatic hydroxyl groups excluding tert-OH is 1. The molecule has 1 N–H and O–H groups in total. The molecule has 72 valence electrons. The van der Waals surface area contributed by atoms with Crippen LogP contribution >= 0.6 is 0 Å². The Balaban J connectivity index is 2.93. The Bertz CT molecular complexity index is 269. The van der Waals surface area contributed by atoms with E-state index >= 15 is 0 Å². The summed E-state index contributed by atoms with van der Waals surface area (Å²) < 4.78 is 5.08. The lowest BCUT2D eigenvalue weighted by Gasteiger charge is -2.08. The maximum absolute atomic E-state index is 9.11. The molecule has 0 bridgehead atoms. The quantitative estimate of drug-likeness (QED) is 0.769. The van der Waals surface area contributed by atoms with Crippen molar-refractivity contribution in [2.45, 2.75) is 26.4 Å². The minimum atomic E-state index is 0.0898. The molecular weight excluding hydrogens is 164 g/mol. The van der Waals surface area contributed by atoms with E-state index in [2.05, 4.69) is 6.92 Å². The van der Waals surface area contributed by atoms with Gasteiger partial charge in [-0.2, -0.15) is 0 Å². The SMILES string of the molecule is CCCc1ccc(OC)cc1CO. The molecule has 2 nitrogen and oxygen atoms in total. The zero-order valence-electron chi connectivity index (χ0n) is 8.21. The number of rotatable bonds is 4. The molecule has 0 aliphatic carbocycles. The third-order valence-corrected chi connectivity index (χ3v) is 2.10. The second-order valence-electron chi connectivity index (χ2n) is 3.04. The van der Waals surface area contributed by atoms with Crippen molar-refractivity contribution in [2.75, 3.05) is 7.11 Å². The fourth-order valence-corrected chi connectivity index (χ4v) is 1.39. The van der Waals surface area contributed by atoms with Crippen LogP contribution in [0.5, 0.6) is 5.75 Å². The number of aryl methyl sites for hydroxylation is 1. The smallest absolute Gasteiger partial charge is 0.119 e. The molecule has 2 heteroatoms. The van der Waals surface area contributed by atoms with Gasteiger partial charge >= 0.3 is 0 Å². The highest BCUT2D eigenvalue weighted by atomic mass is 16.5. The largest absolute Gasteiger partial charge is 0.497 e. The van der Waals surface area contributed by atoms with Crippen molar-refractivity contribution in [1.82, 2.24) is 0 Å². The van der Waals surface area contributed by atoms with Crippen LogP contribution in [0.1, 0.15) is 24.5 Å². The Hall–Kier alpha value is -1.02. The Kier molecular flexibility index (Phi) is 3.77. The number of methoxy groups -OCH3 is 1. The standard InChI is InChI=1S/C11H16O2/c1-3-4-9-5-6-11(13-2)7-10(9)8-12/h5-7,12H,3-4,8H2,1-2H3. The first-order valence-corrected chi connectivity index (χ1v) is 4.58. The fourth-order valence-electron chi connectivity index (χ4n) is 1.39. The van der Waals surface area contributed by atoms with Gasteiger partial charge in [-0.1, -0.05) is 19.4 Å². The Morgan fingerprint density at radius 3 is 2.62 bits per heavy atom. The molecule has 0 fully saturated rings. The molecule has 0 spiro atoms. The molecular formula is C11H16O2. The first-order valence-electron chi connectivity index (χ1n) is 4.58. The zero-order chi connectivity index (χ0) is 9.68. The van der Waals surface area contributed by atoms with Gasteiger partial charge in [0.05, 0.1) is 13.7 Å². The Morgan fingerprint density at radius 2 is 2.08 bits per heavy atom. The maximum atomic E-state index is 9.11. The molecule has 1 rings (SSSR count). The molecule has 0 aliphatic rings. The summed E-state index contributed by atoms with van der Waals surface area (Å²) in [5.41, 5.74) is 2.19. The number of hydrogen-bond acceptors (Lipinski definition) is 2. The van der Waals surface area contributed by atoms with E-state index in [-0.39, 0.29) is 6.61 Å². The summed E-state index contributed by atoms with van der Waals surface area (Å²) in [7, 11) is 1.63. The topological polar surface area (TPSA) is 29.5 Å². The first kappa shape index (κ1) is 10.1. The molecule has 13 heavy (non-hydrogen) atoms. The lowest BCUT2D eigenvalue weighted by Crippen LogP contribution is -1.95. The van der Waals surface area contributed by atoms with E-state index in [0.29, 0.717) is 0 Å². The van der Waals surface area contributed by atoms with Gasteiger partial charge < -0.3 is 9.84 Å². The van der Waals surface area contributed by atoms with Gasteiger partial charge in [-0.05, 0) is 29.7 Å². The van der Waals surface area contributed by atoms with Crippen molar-refractivity contribution < 1.29 is 9.84 Å². The van der Waals surface area contributed by atoms with Gasteiger partial charge in [0.25, 0.3) is 0 Å². The minimum Gasteiger partial charge on any atom is -0.497 e.